The molecule has 1 aliphatic carbocycles. The first-order valence-corrected chi connectivity index (χ1v) is 9.52. The first kappa shape index (κ1) is 16.5. The summed E-state index contributed by atoms with van der Waals surface area (Å²) in [4.78, 5) is 5.61. The maximum atomic E-state index is 6.26. The molecule has 1 fully saturated rings. The van der Waals surface area contributed by atoms with Gasteiger partial charge in [-0.05, 0) is 30.2 Å². The molecule has 0 bridgehead atoms. The molecule has 3 N–H and O–H groups in total. The van der Waals surface area contributed by atoms with E-state index in [-0.39, 0.29) is 6.04 Å². The second-order valence-corrected chi connectivity index (χ2v) is 7.77. The van der Waals surface area contributed by atoms with E-state index >= 15 is 0 Å². The fourth-order valence-corrected chi connectivity index (χ4v) is 3.84. The van der Waals surface area contributed by atoms with Crippen LogP contribution < -0.4 is 11.1 Å². The number of thiophene rings is 1. The zero-order valence-electron chi connectivity index (χ0n) is 13.6. The molecule has 6 heteroatoms. The highest BCUT2D eigenvalue weighted by molar-refractivity contribution is 7.09. The van der Waals surface area contributed by atoms with E-state index in [4.69, 9.17) is 28.2 Å². The summed E-state index contributed by atoms with van der Waals surface area (Å²) < 4.78 is 6.09. The molecule has 0 aliphatic heterocycles. The Bertz CT molecular complexity index is 938. The van der Waals surface area contributed by atoms with Gasteiger partial charge in [0.05, 0.1) is 11.3 Å². The molecule has 25 heavy (non-hydrogen) atoms. The van der Waals surface area contributed by atoms with E-state index in [0.29, 0.717) is 40.7 Å². The Labute approximate surface area is 155 Å². The van der Waals surface area contributed by atoms with Crippen molar-refractivity contribution < 1.29 is 4.42 Å². The molecule has 0 unspecified atom stereocenters. The Morgan fingerprint density at radius 3 is 3.04 bits per heavy atom. The number of furan rings is 1. The number of pyridine rings is 1. The van der Waals surface area contributed by atoms with Crippen LogP contribution in [0.1, 0.15) is 29.0 Å². The third-order valence-corrected chi connectivity index (χ3v) is 5.58. The van der Waals surface area contributed by atoms with Crippen molar-refractivity contribution in [2.45, 2.75) is 31.8 Å². The lowest BCUT2D eigenvalue weighted by atomic mass is 10.1. The molecule has 1 atom stereocenters. The summed E-state index contributed by atoms with van der Waals surface area (Å²) in [6, 6.07) is 5.95. The van der Waals surface area contributed by atoms with Gasteiger partial charge in [-0.2, -0.15) is 0 Å². The maximum absolute atomic E-state index is 6.26. The molecule has 0 aromatic carbocycles. The van der Waals surface area contributed by atoms with Crippen molar-refractivity contribution >= 4 is 39.7 Å². The van der Waals surface area contributed by atoms with Crippen LogP contribution in [0, 0.1) is 18.3 Å². The standard InChI is InChI=1S/C19H18ClN3OS/c1-2-13-16(8-14(21)11-5-6-11)24-19-15(9-17(20)23-18(13)19)22-10-12-4-3-7-25-12/h1,3-4,7,9,11,14H,5-6,8,10,21H2,(H,22,23)/t14-/m1/s1. The Morgan fingerprint density at radius 2 is 2.36 bits per heavy atom. The van der Waals surface area contributed by atoms with Gasteiger partial charge >= 0.3 is 0 Å². The first-order chi connectivity index (χ1) is 12.2. The fourth-order valence-electron chi connectivity index (χ4n) is 3.01. The number of hydrogen-bond donors (Lipinski definition) is 2. The van der Waals surface area contributed by atoms with E-state index in [1.807, 2.05) is 11.4 Å². The minimum Gasteiger partial charge on any atom is -0.456 e. The van der Waals surface area contributed by atoms with Gasteiger partial charge in [0.1, 0.15) is 16.4 Å². The van der Waals surface area contributed by atoms with Crippen molar-refractivity contribution in [2.24, 2.45) is 11.7 Å². The number of hydrogen-bond acceptors (Lipinski definition) is 5. The van der Waals surface area contributed by atoms with Crippen LogP contribution in [0.15, 0.2) is 28.0 Å². The number of fused-ring (bicyclic) bond motifs is 1. The monoisotopic (exact) mass is 371 g/mol. The number of aromatic nitrogens is 1. The van der Waals surface area contributed by atoms with Crippen LogP contribution in [-0.2, 0) is 13.0 Å². The molecule has 0 amide bonds. The summed E-state index contributed by atoms with van der Waals surface area (Å²) in [5.74, 6) is 4.01. The van der Waals surface area contributed by atoms with Gasteiger partial charge < -0.3 is 15.5 Å². The van der Waals surface area contributed by atoms with E-state index in [1.54, 1.807) is 17.4 Å². The number of rotatable bonds is 6. The van der Waals surface area contributed by atoms with E-state index in [0.717, 1.165) is 11.4 Å². The highest BCUT2D eigenvalue weighted by Gasteiger charge is 2.30. The quantitative estimate of drug-likeness (QED) is 0.497. The number of nitrogens with two attached hydrogens (primary N) is 1. The van der Waals surface area contributed by atoms with Crippen LogP contribution >= 0.6 is 22.9 Å². The average molecular weight is 372 g/mol. The SMILES string of the molecule is C#Cc1c(C[C@@H](N)C2CC2)oc2c(NCc3cccs3)cc(Cl)nc12. The van der Waals surface area contributed by atoms with Crippen LogP contribution in [0.2, 0.25) is 5.15 Å². The van der Waals surface area contributed by atoms with Crippen LogP contribution in [-0.4, -0.2) is 11.0 Å². The lowest BCUT2D eigenvalue weighted by molar-refractivity contribution is 0.490. The minimum atomic E-state index is 0.0747. The lowest BCUT2D eigenvalue weighted by Gasteiger charge is -2.07. The van der Waals surface area contributed by atoms with Crippen molar-refractivity contribution in [3.63, 3.8) is 0 Å². The van der Waals surface area contributed by atoms with Gasteiger partial charge in [0, 0.05) is 30.0 Å². The van der Waals surface area contributed by atoms with Gasteiger partial charge in [-0.25, -0.2) is 4.98 Å². The molecule has 3 aromatic heterocycles. The van der Waals surface area contributed by atoms with Gasteiger partial charge in [-0.15, -0.1) is 17.8 Å². The third kappa shape index (κ3) is 3.38. The Hall–Kier alpha value is -2.00. The number of nitrogens with zero attached hydrogens (tertiary/aromatic N) is 1. The molecule has 4 nitrogen and oxygen atoms in total. The molecular weight excluding hydrogens is 354 g/mol. The number of halogens is 1. The summed E-state index contributed by atoms with van der Waals surface area (Å²) in [6.07, 6.45) is 8.72. The van der Waals surface area contributed by atoms with Crippen LogP contribution in [0.5, 0.6) is 0 Å². The summed E-state index contributed by atoms with van der Waals surface area (Å²) in [5, 5.41) is 5.81. The second-order valence-electron chi connectivity index (χ2n) is 6.35. The molecule has 0 saturated heterocycles. The molecule has 1 saturated carbocycles. The zero-order chi connectivity index (χ0) is 17.4. The first-order valence-electron chi connectivity index (χ1n) is 8.26. The normalized spacial score (nSPS) is 15.2. The summed E-state index contributed by atoms with van der Waals surface area (Å²) in [6.45, 7) is 0.691. The molecule has 1 aliphatic rings. The number of anilines is 1. The van der Waals surface area contributed by atoms with Crippen molar-refractivity contribution in [1.29, 1.82) is 0 Å². The van der Waals surface area contributed by atoms with Gasteiger partial charge in [0.2, 0.25) is 0 Å². The molecule has 4 rings (SSSR count). The van der Waals surface area contributed by atoms with Crippen LogP contribution in [0.4, 0.5) is 5.69 Å². The van der Waals surface area contributed by atoms with Crippen LogP contribution in [0.25, 0.3) is 11.1 Å². The van der Waals surface area contributed by atoms with Crippen LogP contribution in [0.3, 0.4) is 0 Å². The fraction of sp³-hybridized carbons (Fsp3) is 0.316. The average Bonchev–Trinajstić information content (AvgIpc) is 3.21. The van der Waals surface area contributed by atoms with E-state index in [9.17, 15) is 0 Å². The summed E-state index contributed by atoms with van der Waals surface area (Å²) in [7, 11) is 0. The molecule has 3 aromatic rings. The topological polar surface area (TPSA) is 64.1 Å². The highest BCUT2D eigenvalue weighted by atomic mass is 35.5. The molecule has 128 valence electrons. The zero-order valence-corrected chi connectivity index (χ0v) is 15.2. The van der Waals surface area contributed by atoms with Crippen molar-refractivity contribution in [3.8, 4) is 12.3 Å². The van der Waals surface area contributed by atoms with Gasteiger partial charge in [0.25, 0.3) is 0 Å². The second kappa shape index (κ2) is 6.72. The summed E-state index contributed by atoms with van der Waals surface area (Å²) >= 11 is 7.90. The van der Waals surface area contributed by atoms with E-state index < -0.39 is 0 Å². The summed E-state index contributed by atoms with van der Waals surface area (Å²) in [5.41, 5.74) is 8.99. The van der Waals surface area contributed by atoms with Gasteiger partial charge in [-0.3, -0.25) is 0 Å². The lowest BCUT2D eigenvalue weighted by Crippen LogP contribution is -2.25. The molecule has 0 spiro atoms. The largest absolute Gasteiger partial charge is 0.456 e. The number of nitrogens with one attached hydrogen (secondary N) is 1. The predicted octanol–water partition coefficient (Wildman–Crippen LogP) is 4.42. The Kier molecular flexibility index (Phi) is 4.43. The van der Waals surface area contributed by atoms with Crippen molar-refractivity contribution in [1.82, 2.24) is 4.98 Å². The highest BCUT2D eigenvalue weighted by Crippen LogP contribution is 2.36. The van der Waals surface area contributed by atoms with Crippen molar-refractivity contribution in [3.05, 3.63) is 44.9 Å². The molecule has 0 radical (unpaired) electrons. The van der Waals surface area contributed by atoms with Crippen molar-refractivity contribution in [2.75, 3.05) is 5.32 Å². The van der Waals surface area contributed by atoms with E-state index in [1.165, 1.54) is 17.7 Å². The minimum absolute atomic E-state index is 0.0747. The molecular formula is C19H18ClN3OS. The predicted molar refractivity (Wildman–Crippen MR) is 103 cm³/mol. The Balaban J connectivity index is 1.70. The van der Waals surface area contributed by atoms with Gasteiger partial charge in [-0.1, -0.05) is 23.6 Å². The third-order valence-electron chi connectivity index (χ3n) is 4.51. The maximum Gasteiger partial charge on any atom is 0.177 e. The number of terminal acetylenes is 1. The molecule has 3 heterocycles. The Morgan fingerprint density at radius 1 is 1.52 bits per heavy atom. The van der Waals surface area contributed by atoms with E-state index in [2.05, 4.69) is 22.3 Å². The smallest absolute Gasteiger partial charge is 0.177 e. The van der Waals surface area contributed by atoms with Gasteiger partial charge in [0.15, 0.2) is 5.58 Å².